The number of benzene rings is 3. The summed E-state index contributed by atoms with van der Waals surface area (Å²) in [6.45, 7) is 6.52. The van der Waals surface area contributed by atoms with Gasteiger partial charge in [-0.15, -0.1) is 0 Å². The summed E-state index contributed by atoms with van der Waals surface area (Å²) < 4.78 is 5.97. The average molecular weight is 533 g/mol. The third kappa shape index (κ3) is 4.05. The molecule has 6 atom stereocenters. The van der Waals surface area contributed by atoms with Crippen LogP contribution in [0, 0.1) is 35.5 Å². The molecule has 0 aromatic heterocycles. The summed E-state index contributed by atoms with van der Waals surface area (Å²) >= 11 is 0. The standard InChI is InChI=1S/C34H32N2O4/c1-34(2,3)20-7-11-23(12-8-20)40-24-13-9-21(10-14-24)35-31(37)19-5-4-6-22(17-19)36-32(38)29-25-15-16-26(28-18-27(25)28)30(29)33(36)39/h4-17,25-30H,18H2,1-3H3,(H,35,37)/t25-,26-,27-,28+,29-,30+/m0/s1. The molecule has 202 valence electrons. The number of hydrogen-bond acceptors (Lipinski definition) is 4. The van der Waals surface area contributed by atoms with Crippen LogP contribution in [0.25, 0.3) is 0 Å². The number of nitrogens with zero attached hydrogens (tertiary/aromatic N) is 1. The molecule has 3 fully saturated rings. The van der Waals surface area contributed by atoms with Gasteiger partial charge in [-0.2, -0.15) is 0 Å². The Labute approximate surface area is 234 Å². The van der Waals surface area contributed by atoms with E-state index >= 15 is 0 Å². The van der Waals surface area contributed by atoms with Gasteiger partial charge in [-0.05, 0) is 95.7 Å². The zero-order valence-corrected chi connectivity index (χ0v) is 22.8. The fraction of sp³-hybridized carbons (Fsp3) is 0.324. The first-order chi connectivity index (χ1) is 19.2. The van der Waals surface area contributed by atoms with Crippen LogP contribution < -0.4 is 15.0 Å². The van der Waals surface area contributed by atoms with Crippen molar-refractivity contribution in [3.63, 3.8) is 0 Å². The Hall–Kier alpha value is -4.19. The van der Waals surface area contributed by atoms with E-state index in [0.29, 0.717) is 34.5 Å². The molecule has 1 heterocycles. The van der Waals surface area contributed by atoms with Crippen LogP contribution in [0.3, 0.4) is 0 Å². The lowest BCUT2D eigenvalue weighted by Gasteiger charge is -2.37. The second kappa shape index (κ2) is 8.91. The molecular formula is C34H32N2O4. The molecule has 3 aromatic carbocycles. The van der Waals surface area contributed by atoms with Crippen LogP contribution in [0.5, 0.6) is 11.5 Å². The minimum absolute atomic E-state index is 0.0766. The van der Waals surface area contributed by atoms with Crippen LogP contribution in [0.2, 0.25) is 0 Å². The van der Waals surface area contributed by atoms with Gasteiger partial charge in [0.05, 0.1) is 17.5 Å². The van der Waals surface area contributed by atoms with Crippen LogP contribution in [0.1, 0.15) is 43.1 Å². The van der Waals surface area contributed by atoms with Crippen molar-refractivity contribution in [2.45, 2.75) is 32.6 Å². The van der Waals surface area contributed by atoms with Gasteiger partial charge in [0.1, 0.15) is 11.5 Å². The highest BCUT2D eigenvalue weighted by Crippen LogP contribution is 2.65. The molecule has 4 aliphatic carbocycles. The SMILES string of the molecule is CC(C)(C)c1ccc(Oc2ccc(NC(=O)c3cccc(N4C(=O)[C@@H]5[C@H]6C=C[C@@H]([C@@H]7C[C@H]67)[C@@H]5C4=O)c3)cc2)cc1. The largest absolute Gasteiger partial charge is 0.457 e. The van der Waals surface area contributed by atoms with E-state index in [1.54, 1.807) is 48.5 Å². The van der Waals surface area contributed by atoms with Gasteiger partial charge >= 0.3 is 0 Å². The number of amides is 3. The van der Waals surface area contributed by atoms with Crippen molar-refractivity contribution >= 4 is 29.1 Å². The Morgan fingerprint density at radius 2 is 1.40 bits per heavy atom. The molecule has 6 heteroatoms. The normalized spacial score (nSPS) is 27.8. The highest BCUT2D eigenvalue weighted by atomic mass is 16.5. The minimum atomic E-state index is -0.312. The Balaban J connectivity index is 1.03. The summed E-state index contributed by atoms with van der Waals surface area (Å²) in [6.07, 6.45) is 5.46. The monoisotopic (exact) mass is 532 g/mol. The van der Waals surface area contributed by atoms with Crippen LogP contribution in [-0.4, -0.2) is 17.7 Å². The maximum absolute atomic E-state index is 13.5. The van der Waals surface area contributed by atoms with Gasteiger partial charge < -0.3 is 10.1 Å². The lowest BCUT2D eigenvalue weighted by atomic mass is 9.63. The van der Waals surface area contributed by atoms with Crippen molar-refractivity contribution in [3.05, 3.63) is 96.1 Å². The van der Waals surface area contributed by atoms with E-state index in [-0.39, 0.29) is 46.8 Å². The fourth-order valence-corrected chi connectivity index (χ4v) is 6.97. The first-order valence-corrected chi connectivity index (χ1v) is 14.0. The van der Waals surface area contributed by atoms with E-state index in [9.17, 15) is 14.4 Å². The highest BCUT2D eigenvalue weighted by Gasteiger charge is 2.67. The molecule has 0 spiro atoms. The van der Waals surface area contributed by atoms with Crippen molar-refractivity contribution in [2.75, 3.05) is 10.2 Å². The quantitative estimate of drug-likeness (QED) is 0.297. The second-order valence-corrected chi connectivity index (χ2v) is 12.6. The van der Waals surface area contributed by atoms with Gasteiger partial charge in [0, 0.05) is 11.3 Å². The topological polar surface area (TPSA) is 75.7 Å². The van der Waals surface area contributed by atoms with Gasteiger partial charge in [0.2, 0.25) is 11.8 Å². The Bertz CT molecular complexity index is 1510. The summed E-state index contributed by atoms with van der Waals surface area (Å²) in [4.78, 5) is 41.3. The number of rotatable bonds is 5. The summed E-state index contributed by atoms with van der Waals surface area (Å²) in [7, 11) is 0. The van der Waals surface area contributed by atoms with E-state index < -0.39 is 0 Å². The maximum Gasteiger partial charge on any atom is 0.255 e. The maximum atomic E-state index is 13.5. The first-order valence-electron chi connectivity index (χ1n) is 14.0. The van der Waals surface area contributed by atoms with Crippen molar-refractivity contribution in [3.8, 4) is 11.5 Å². The van der Waals surface area contributed by atoms with Crippen molar-refractivity contribution in [2.24, 2.45) is 35.5 Å². The number of ether oxygens (including phenoxy) is 1. The number of anilines is 2. The molecule has 1 saturated heterocycles. The number of carbonyl (C=O) groups excluding carboxylic acids is 3. The Kier molecular flexibility index (Phi) is 5.53. The smallest absolute Gasteiger partial charge is 0.255 e. The van der Waals surface area contributed by atoms with Gasteiger partial charge in [0.25, 0.3) is 5.91 Å². The fourth-order valence-electron chi connectivity index (χ4n) is 6.97. The minimum Gasteiger partial charge on any atom is -0.457 e. The zero-order chi connectivity index (χ0) is 27.8. The van der Waals surface area contributed by atoms with Crippen LogP contribution in [0.15, 0.2) is 84.9 Å². The van der Waals surface area contributed by atoms with Crippen molar-refractivity contribution in [1.29, 1.82) is 0 Å². The van der Waals surface area contributed by atoms with Gasteiger partial charge in [-0.3, -0.25) is 14.4 Å². The van der Waals surface area contributed by atoms with Gasteiger partial charge in [-0.25, -0.2) is 4.90 Å². The van der Waals surface area contributed by atoms with Crippen LogP contribution >= 0.6 is 0 Å². The van der Waals surface area contributed by atoms with Crippen LogP contribution in [0.4, 0.5) is 11.4 Å². The van der Waals surface area contributed by atoms with E-state index in [4.69, 9.17) is 4.74 Å². The number of carbonyl (C=O) groups is 3. The summed E-state index contributed by atoms with van der Waals surface area (Å²) in [5.41, 5.74) is 2.78. The van der Waals surface area contributed by atoms with Gasteiger partial charge in [0.15, 0.2) is 0 Å². The molecule has 2 bridgehead atoms. The molecule has 5 aliphatic rings. The molecule has 1 aliphatic heterocycles. The average Bonchev–Trinajstić information content (AvgIpc) is 3.72. The lowest BCUT2D eigenvalue weighted by molar-refractivity contribution is -0.124. The molecule has 3 aromatic rings. The molecule has 0 radical (unpaired) electrons. The summed E-state index contributed by atoms with van der Waals surface area (Å²) in [6, 6.07) is 22.0. The third-order valence-corrected chi connectivity index (χ3v) is 9.10. The molecular weight excluding hydrogens is 500 g/mol. The lowest BCUT2D eigenvalue weighted by Crippen LogP contribution is -2.40. The van der Waals surface area contributed by atoms with E-state index in [2.05, 4.69) is 50.4 Å². The molecule has 0 unspecified atom stereocenters. The number of allylic oxidation sites excluding steroid dienone is 2. The van der Waals surface area contributed by atoms with Crippen molar-refractivity contribution in [1.82, 2.24) is 0 Å². The second-order valence-electron chi connectivity index (χ2n) is 12.6. The van der Waals surface area contributed by atoms with E-state index in [1.807, 2.05) is 12.1 Å². The third-order valence-electron chi connectivity index (χ3n) is 9.10. The Morgan fingerprint density at radius 1 is 0.825 bits per heavy atom. The number of imide groups is 1. The van der Waals surface area contributed by atoms with Crippen LogP contribution in [-0.2, 0) is 15.0 Å². The molecule has 3 amide bonds. The summed E-state index contributed by atoms with van der Waals surface area (Å²) in [5.74, 6) is 1.76. The molecule has 40 heavy (non-hydrogen) atoms. The van der Waals surface area contributed by atoms with Gasteiger partial charge in [-0.1, -0.05) is 51.1 Å². The molecule has 2 saturated carbocycles. The molecule has 8 rings (SSSR count). The first kappa shape index (κ1) is 24.8. The highest BCUT2D eigenvalue weighted by molar-refractivity contribution is 6.23. The summed E-state index contributed by atoms with van der Waals surface area (Å²) in [5, 5.41) is 2.91. The Morgan fingerprint density at radius 3 is 1.98 bits per heavy atom. The van der Waals surface area contributed by atoms with Crippen molar-refractivity contribution < 1.29 is 19.1 Å². The van der Waals surface area contributed by atoms with E-state index in [1.165, 1.54) is 10.5 Å². The number of nitrogens with one attached hydrogen (secondary N) is 1. The van der Waals surface area contributed by atoms with E-state index in [0.717, 1.165) is 12.2 Å². The predicted octanol–water partition coefficient (Wildman–Crippen LogP) is 6.59. The zero-order valence-electron chi connectivity index (χ0n) is 22.8. The molecule has 1 N–H and O–H groups in total. The molecule has 6 nitrogen and oxygen atoms in total. The predicted molar refractivity (Wildman–Crippen MR) is 153 cm³/mol. The number of hydrogen-bond donors (Lipinski definition) is 1.